The average molecular weight is 1950 g/mol. The monoisotopic (exact) mass is 1950 g/mol. The van der Waals surface area contributed by atoms with E-state index in [1.54, 1.807) is 27.7 Å². The first kappa shape index (κ1) is 112. The summed E-state index contributed by atoms with van der Waals surface area (Å²) in [4.78, 5) is 133. The summed E-state index contributed by atoms with van der Waals surface area (Å²) in [5, 5.41) is 61.3. The summed E-state index contributed by atoms with van der Waals surface area (Å²) < 4.78 is 60.9. The Hall–Kier alpha value is -7.01. The summed E-state index contributed by atoms with van der Waals surface area (Å²) in [5.41, 5.74) is -10.7. The lowest BCUT2D eigenvalue weighted by molar-refractivity contribution is -0.265. The van der Waals surface area contributed by atoms with Crippen molar-refractivity contribution < 1.29 is 125 Å². The third-order valence-electron chi connectivity index (χ3n) is 37.8. The third-order valence-corrected chi connectivity index (χ3v) is 37.8. The fraction of sp³-hybridized carbons (Fsp3) is 0.883. The van der Waals surface area contributed by atoms with E-state index in [4.69, 9.17) is 52.1 Å². The predicted octanol–water partition coefficient (Wildman–Crippen LogP) is 19.2. The number of carbonyl (C=O) groups is 11. The molecule has 0 radical (unpaired) electrons. The second kappa shape index (κ2) is 41.1. The zero-order valence-corrected chi connectivity index (χ0v) is 89.1. The Morgan fingerprint density at radius 2 is 0.698 bits per heavy atom. The molecule has 2 aliphatic heterocycles. The summed E-state index contributed by atoms with van der Waals surface area (Å²) >= 11 is 0. The van der Waals surface area contributed by atoms with Gasteiger partial charge < -0.3 is 72.5 Å². The van der Waals surface area contributed by atoms with E-state index in [9.17, 15) is 83.7 Å². The van der Waals surface area contributed by atoms with Crippen molar-refractivity contribution in [1.29, 1.82) is 10.5 Å². The summed E-state index contributed by atoms with van der Waals surface area (Å²) in [5.74, 6) is -0.0116. The van der Waals surface area contributed by atoms with Crippen molar-refractivity contribution in [3.8, 4) is 12.1 Å². The number of rotatable bonds is 27. The molecule has 0 aromatic rings. The topological polar surface area (TPSA) is 418 Å². The molecule has 2 heterocycles. The summed E-state index contributed by atoms with van der Waals surface area (Å²) in [6.45, 7) is 47.8. The van der Waals surface area contributed by atoms with Gasteiger partial charge in [0, 0.05) is 62.2 Å². The molecule has 18 aliphatic carbocycles. The Morgan fingerprint density at radius 1 is 0.381 bits per heavy atom. The molecule has 0 aromatic heterocycles. The number of hydrogen-bond donors (Lipinski definition) is 4. The van der Waals surface area contributed by atoms with Gasteiger partial charge in [0.1, 0.15) is 52.4 Å². The number of esters is 11. The van der Waals surface area contributed by atoms with Crippen molar-refractivity contribution in [2.24, 2.45) is 114 Å². The smallest absolute Gasteiger partial charge is 0.344 e. The average Bonchev–Trinajstić information content (AvgIpc) is 0.884. The van der Waals surface area contributed by atoms with Gasteiger partial charge in [0.25, 0.3) is 0 Å². The number of nitriles is 2. The normalized spacial score (nSPS) is 36.5. The zero-order valence-electron chi connectivity index (χ0n) is 89.1. The number of nitrogens with zero attached hydrogens (tertiary/aromatic N) is 2. The van der Waals surface area contributed by atoms with Crippen LogP contribution in [0.15, 0.2) is 0 Å². The molecular formula is C111H174N2O26. The maximum Gasteiger partial charge on any atom is 0.344 e. The number of fused-ring (bicyclic) bond motifs is 2. The zero-order chi connectivity index (χ0) is 103. The van der Waals surface area contributed by atoms with E-state index in [0.717, 1.165) is 102 Å². The highest BCUT2D eigenvalue weighted by Gasteiger charge is 2.75. The van der Waals surface area contributed by atoms with Crippen LogP contribution in [-0.4, -0.2) is 174 Å². The fourth-order valence-electron chi connectivity index (χ4n) is 26.8. The predicted molar refractivity (Wildman–Crippen MR) is 514 cm³/mol. The van der Waals surface area contributed by atoms with E-state index < -0.39 is 140 Å². The van der Waals surface area contributed by atoms with E-state index in [0.29, 0.717) is 94.8 Å². The minimum Gasteiger partial charge on any atom is -0.459 e. The minimum absolute atomic E-state index is 0.0185. The van der Waals surface area contributed by atoms with E-state index in [-0.39, 0.29) is 98.4 Å². The van der Waals surface area contributed by atoms with Crippen molar-refractivity contribution >= 4 is 65.7 Å². The Labute approximate surface area is 828 Å². The lowest BCUT2D eigenvalue weighted by Gasteiger charge is -2.62. The lowest BCUT2D eigenvalue weighted by Crippen LogP contribution is -2.67. The van der Waals surface area contributed by atoms with Crippen LogP contribution in [-0.2, 0) is 105 Å². The fourth-order valence-corrected chi connectivity index (χ4v) is 26.8. The molecule has 784 valence electrons. The molecule has 14 atom stereocenters. The van der Waals surface area contributed by atoms with Gasteiger partial charge in [-0.05, 0) is 345 Å². The first-order valence-electron chi connectivity index (χ1n) is 53.3. The highest BCUT2D eigenvalue weighted by Crippen LogP contribution is 2.67. The van der Waals surface area contributed by atoms with E-state index in [1.807, 2.05) is 111 Å². The minimum atomic E-state index is -1.06. The second-order valence-electron chi connectivity index (χ2n) is 51.6. The van der Waals surface area contributed by atoms with Gasteiger partial charge in [-0.2, -0.15) is 10.5 Å². The molecule has 18 saturated carbocycles. The van der Waals surface area contributed by atoms with Gasteiger partial charge in [-0.1, -0.05) is 74.7 Å². The van der Waals surface area contributed by atoms with Crippen LogP contribution in [0.1, 0.15) is 417 Å². The van der Waals surface area contributed by atoms with Crippen LogP contribution in [0, 0.1) is 136 Å². The molecule has 20 fully saturated rings. The van der Waals surface area contributed by atoms with E-state index in [2.05, 4.69) is 46.8 Å². The molecule has 0 amide bonds. The number of hydrogen-bond acceptors (Lipinski definition) is 28. The van der Waals surface area contributed by atoms with E-state index >= 15 is 0 Å². The van der Waals surface area contributed by atoms with Crippen molar-refractivity contribution in [2.45, 2.75) is 492 Å². The van der Waals surface area contributed by atoms with Crippen molar-refractivity contribution in [2.75, 3.05) is 13.2 Å². The number of ether oxygens (including phenoxy) is 11. The third kappa shape index (κ3) is 23.7. The molecule has 14 unspecified atom stereocenters. The molecule has 2 saturated heterocycles. The maximum atomic E-state index is 12.5. The van der Waals surface area contributed by atoms with Crippen LogP contribution in [0.4, 0.5) is 0 Å². The van der Waals surface area contributed by atoms with Crippen molar-refractivity contribution in [1.82, 2.24) is 0 Å². The number of carbonyl (C=O) groups excluding carboxylic acids is 11. The molecule has 4 N–H and O–H groups in total. The molecule has 28 heteroatoms. The van der Waals surface area contributed by atoms with Crippen molar-refractivity contribution in [3.63, 3.8) is 0 Å². The highest BCUT2D eigenvalue weighted by atomic mass is 16.6. The summed E-state index contributed by atoms with van der Waals surface area (Å²) in [6.07, 6.45) is 30.7. The standard InChI is InChI=1S/2C17H21NO6.C17H28O2.2C16H26O4.C15H28O2.C13H24O2/c2*1-4-16(2,3)14(20)22-7-11(19)23-12-9-5-10-13(12)24-15(21)17(10,6-9)8-18;1-5-16(2,3)15(18)19-17(4)13-7-11-6-12(9-13)10-14(17)8-11;2*1-4-13(2,3)12(17)20-16-7-11-5-14(18,9-16)8-15(19,6-11)10-16;1-6-14(2,3)13(16)17-15(4,5)12-10-8-7-9-11-12;1-5-12(3,4)11(14)15-13(6-2)9-7-8-10-13/h2*9-10,12-13H,4-7H2,1-3H3;11-14H,5-10H2,1-4H3;2*11,18-19H,4-10H2,1-3H3;12H,6-11H2,1-5H3;5-10H2,1-4H3. The van der Waals surface area contributed by atoms with Gasteiger partial charge in [-0.3, -0.25) is 43.2 Å². The van der Waals surface area contributed by atoms with Gasteiger partial charge in [0.15, 0.2) is 24.0 Å². The highest BCUT2D eigenvalue weighted by molar-refractivity contribution is 5.86. The maximum absolute atomic E-state index is 12.5. The molecular weight excluding hydrogens is 1780 g/mol. The summed E-state index contributed by atoms with van der Waals surface area (Å²) in [6, 6.07) is 4.21. The largest absolute Gasteiger partial charge is 0.459 e. The molecule has 20 aliphatic rings. The molecule has 16 bridgehead atoms. The first-order chi connectivity index (χ1) is 64.3. The van der Waals surface area contributed by atoms with Crippen molar-refractivity contribution in [3.05, 3.63) is 0 Å². The number of aliphatic hydroxyl groups is 4. The van der Waals surface area contributed by atoms with Gasteiger partial charge in [-0.25, -0.2) is 9.59 Å². The first-order valence-corrected chi connectivity index (χ1v) is 53.3. The molecule has 0 aromatic carbocycles. The van der Waals surface area contributed by atoms with Crippen LogP contribution in [0.5, 0.6) is 0 Å². The molecule has 139 heavy (non-hydrogen) atoms. The van der Waals surface area contributed by atoms with E-state index in [1.165, 1.54) is 77.0 Å². The Kier molecular flexibility index (Phi) is 33.2. The van der Waals surface area contributed by atoms with Gasteiger partial charge in [0.05, 0.1) is 72.4 Å². The van der Waals surface area contributed by atoms with Crippen LogP contribution in [0.3, 0.4) is 0 Å². The summed E-state index contributed by atoms with van der Waals surface area (Å²) in [7, 11) is 0. The van der Waals surface area contributed by atoms with Crippen LogP contribution in [0.2, 0.25) is 0 Å². The Bertz CT molecular complexity index is 4320. The SMILES string of the molecule is CCC(C)(C)C(=O)OC(C)(C)C1CCCCC1.CCC(C)(C)C(=O)OC1(C)C2CC3CC(C2)CC1C3.CCC(C)(C)C(=O)OC12CC3CC(O)(CC(O)(C3)C1)C2.CCC(C)(C)C(=O)OC12CC3CC(O)(CC(O)(C3)C1)C2.CCC(C)(C)C(=O)OCC(=O)OC1C2CC3C1OC(=O)C3(C#N)C2.CCC(C)(C)C(=O)OCC(=O)OC1C2CC3C1OC(=O)C3(C#N)C2.CCC1(OC(=O)C(C)(C)CC)CCCC1. The van der Waals surface area contributed by atoms with Crippen LogP contribution in [0.25, 0.3) is 0 Å². The Balaban J connectivity index is 0.000000156. The van der Waals surface area contributed by atoms with Gasteiger partial charge >= 0.3 is 65.7 Å². The van der Waals surface area contributed by atoms with Crippen LogP contribution >= 0.6 is 0 Å². The van der Waals surface area contributed by atoms with Crippen LogP contribution < -0.4 is 0 Å². The quantitative estimate of drug-likeness (QED) is 0.0438. The lowest BCUT2D eigenvalue weighted by atomic mass is 9.50. The molecule has 0 spiro atoms. The second-order valence-corrected chi connectivity index (χ2v) is 51.6. The molecule has 20 rings (SSSR count). The van der Waals surface area contributed by atoms with Gasteiger partial charge in [-0.15, -0.1) is 0 Å². The molecule has 28 nitrogen and oxygen atoms in total. The Morgan fingerprint density at radius 3 is 1.01 bits per heavy atom. The van der Waals surface area contributed by atoms with Gasteiger partial charge in [0.2, 0.25) is 0 Å².